The van der Waals surface area contributed by atoms with Crippen molar-refractivity contribution in [3.05, 3.63) is 71.7 Å². The summed E-state index contributed by atoms with van der Waals surface area (Å²) < 4.78 is 51.8. The maximum absolute atomic E-state index is 13.6. The third-order valence-corrected chi connectivity index (χ3v) is 6.00. The molecule has 2 aromatic heterocycles. The molecule has 2 heterocycles. The number of carbonyl (C=O) groups excluding carboxylic acids is 1. The number of imidazole rings is 1. The number of halogens is 1. The van der Waals surface area contributed by atoms with E-state index in [9.17, 15) is 17.6 Å². The van der Waals surface area contributed by atoms with E-state index < -0.39 is 21.9 Å². The summed E-state index contributed by atoms with van der Waals surface area (Å²) in [5, 5.41) is -0.131. The van der Waals surface area contributed by atoms with Gasteiger partial charge in [-0.2, -0.15) is 8.42 Å². The van der Waals surface area contributed by atoms with Crippen LogP contribution >= 0.6 is 0 Å². The zero-order chi connectivity index (χ0) is 23.3. The Hall–Kier alpha value is -3.27. The van der Waals surface area contributed by atoms with Crippen LogP contribution in [0.15, 0.2) is 53.8 Å². The molecule has 0 atom stereocenters. The third-order valence-electron chi connectivity index (χ3n) is 4.68. The lowest BCUT2D eigenvalue weighted by Crippen LogP contribution is -2.19. The zero-order valence-electron chi connectivity index (χ0n) is 18.0. The fraction of sp³-hybridized carbons (Fsp3) is 0.318. The molecule has 0 radical (unpaired) electrons. The lowest BCUT2D eigenvalue weighted by molar-refractivity contribution is -0.140. The van der Waals surface area contributed by atoms with E-state index in [0.717, 1.165) is 11.6 Å². The number of nitrogens with zero attached hydrogens (tertiary/aromatic N) is 3. The van der Waals surface area contributed by atoms with Gasteiger partial charge in [0.25, 0.3) is 0 Å². The Labute approximate surface area is 186 Å². The van der Waals surface area contributed by atoms with Gasteiger partial charge >= 0.3 is 16.1 Å². The number of rotatable bonds is 9. The van der Waals surface area contributed by atoms with Crippen molar-refractivity contribution in [3.63, 3.8) is 0 Å². The van der Waals surface area contributed by atoms with Crippen molar-refractivity contribution >= 4 is 16.1 Å². The second-order valence-electron chi connectivity index (χ2n) is 7.39. The average molecular weight is 462 g/mol. The lowest BCUT2D eigenvalue weighted by atomic mass is 10.1. The molecule has 0 amide bonds. The van der Waals surface area contributed by atoms with Crippen LogP contribution in [0.3, 0.4) is 0 Å². The minimum atomic E-state index is -4.38. The minimum Gasteiger partial charge on any atom is -0.469 e. The van der Waals surface area contributed by atoms with E-state index in [1.807, 2.05) is 13.8 Å². The van der Waals surface area contributed by atoms with Crippen molar-refractivity contribution in [1.82, 2.24) is 14.5 Å². The standard InChI is InChI=1S/C22H24FN3O5S/c1-15(2)21-22(32(28,29)31-18-6-4-5-17(23)13-18)26(14-16-9-11-24-12-10-16)19(25-21)7-8-20(27)30-3/h4-6,9-13,15H,7-8,14H2,1-3H3. The highest BCUT2D eigenvalue weighted by molar-refractivity contribution is 7.87. The molecule has 0 saturated heterocycles. The highest BCUT2D eigenvalue weighted by Crippen LogP contribution is 2.29. The number of aromatic nitrogens is 3. The fourth-order valence-electron chi connectivity index (χ4n) is 3.17. The topological polar surface area (TPSA) is 100 Å². The Bertz CT molecular complexity index is 1190. The van der Waals surface area contributed by atoms with Gasteiger partial charge < -0.3 is 13.5 Å². The summed E-state index contributed by atoms with van der Waals surface area (Å²) in [6, 6.07) is 8.41. The van der Waals surface area contributed by atoms with Gasteiger partial charge in [-0.25, -0.2) is 9.37 Å². The number of benzene rings is 1. The SMILES string of the molecule is COC(=O)CCc1nc(C(C)C)c(S(=O)(=O)Oc2cccc(F)c2)n1Cc1ccncc1. The molecular weight excluding hydrogens is 437 g/mol. The summed E-state index contributed by atoms with van der Waals surface area (Å²) in [6.07, 6.45) is 3.40. The molecule has 8 nitrogen and oxygen atoms in total. The van der Waals surface area contributed by atoms with E-state index in [-0.39, 0.29) is 36.1 Å². The summed E-state index contributed by atoms with van der Waals surface area (Å²) in [5.41, 5.74) is 1.09. The van der Waals surface area contributed by atoms with Gasteiger partial charge in [0.2, 0.25) is 0 Å². The molecule has 0 aliphatic rings. The molecule has 0 N–H and O–H groups in total. The van der Waals surface area contributed by atoms with E-state index in [1.54, 1.807) is 24.5 Å². The van der Waals surface area contributed by atoms with Gasteiger partial charge in [0.1, 0.15) is 17.4 Å². The Balaban J connectivity index is 2.12. The molecule has 1 aromatic carbocycles. The molecule has 3 rings (SSSR count). The smallest absolute Gasteiger partial charge is 0.357 e. The van der Waals surface area contributed by atoms with Crippen LogP contribution in [0.25, 0.3) is 0 Å². The van der Waals surface area contributed by atoms with Crippen molar-refractivity contribution in [3.8, 4) is 5.75 Å². The second kappa shape index (κ2) is 9.90. The number of hydrogen-bond acceptors (Lipinski definition) is 7. The Morgan fingerprint density at radius 3 is 2.53 bits per heavy atom. The monoisotopic (exact) mass is 461 g/mol. The van der Waals surface area contributed by atoms with Gasteiger partial charge in [-0.15, -0.1) is 0 Å². The molecule has 10 heteroatoms. The van der Waals surface area contributed by atoms with Crippen LogP contribution in [0.4, 0.5) is 4.39 Å². The molecule has 0 aliphatic carbocycles. The Kier molecular flexibility index (Phi) is 7.24. The molecule has 0 fully saturated rings. The predicted molar refractivity (Wildman–Crippen MR) is 114 cm³/mol. The van der Waals surface area contributed by atoms with Crippen molar-refractivity contribution in [2.75, 3.05) is 7.11 Å². The number of aryl methyl sites for hydroxylation is 1. The van der Waals surface area contributed by atoms with Crippen LogP contribution in [0.1, 0.15) is 43.3 Å². The molecule has 32 heavy (non-hydrogen) atoms. The molecule has 0 spiro atoms. The first-order valence-corrected chi connectivity index (χ1v) is 11.4. The number of carbonyl (C=O) groups is 1. The second-order valence-corrected chi connectivity index (χ2v) is 8.85. The van der Waals surface area contributed by atoms with Crippen molar-refractivity contribution in [2.45, 2.75) is 44.2 Å². The van der Waals surface area contributed by atoms with Crippen LogP contribution < -0.4 is 4.18 Å². The average Bonchev–Trinajstić information content (AvgIpc) is 3.12. The van der Waals surface area contributed by atoms with Gasteiger partial charge in [-0.3, -0.25) is 9.78 Å². The molecule has 170 valence electrons. The minimum absolute atomic E-state index is 0.0334. The van der Waals surface area contributed by atoms with Gasteiger partial charge in [-0.05, 0) is 35.7 Å². The zero-order valence-corrected chi connectivity index (χ0v) is 18.8. The summed E-state index contributed by atoms with van der Waals surface area (Å²) in [5.74, 6) is -1.06. The van der Waals surface area contributed by atoms with Crippen LogP contribution in [0.5, 0.6) is 5.75 Å². The molecule has 0 aliphatic heterocycles. The van der Waals surface area contributed by atoms with Gasteiger partial charge in [0.05, 0.1) is 25.8 Å². The highest BCUT2D eigenvalue weighted by Gasteiger charge is 2.31. The number of pyridine rings is 1. The molecule has 0 saturated carbocycles. The molecule has 3 aromatic rings. The van der Waals surface area contributed by atoms with E-state index in [1.165, 1.54) is 29.9 Å². The number of methoxy groups -OCH3 is 1. The molecular formula is C22H24FN3O5S. The quantitative estimate of drug-likeness (QED) is 0.355. The predicted octanol–water partition coefficient (Wildman–Crippen LogP) is 3.46. The first kappa shape index (κ1) is 23.4. The summed E-state index contributed by atoms with van der Waals surface area (Å²) in [7, 11) is -3.09. The molecule has 0 bridgehead atoms. The fourth-order valence-corrected chi connectivity index (χ4v) is 4.58. The van der Waals surface area contributed by atoms with E-state index >= 15 is 0 Å². The first-order valence-electron chi connectivity index (χ1n) is 9.96. The van der Waals surface area contributed by atoms with Crippen LogP contribution in [0, 0.1) is 5.82 Å². The number of ether oxygens (including phenoxy) is 1. The van der Waals surface area contributed by atoms with E-state index in [4.69, 9.17) is 8.92 Å². The van der Waals surface area contributed by atoms with Crippen molar-refractivity contribution < 1.29 is 26.5 Å². The van der Waals surface area contributed by atoms with Crippen molar-refractivity contribution in [1.29, 1.82) is 0 Å². The normalized spacial score (nSPS) is 11.5. The number of hydrogen-bond donors (Lipinski definition) is 0. The maximum Gasteiger partial charge on any atom is 0.357 e. The van der Waals surface area contributed by atoms with Crippen molar-refractivity contribution in [2.24, 2.45) is 0 Å². The molecule has 0 unspecified atom stereocenters. The Morgan fingerprint density at radius 2 is 1.91 bits per heavy atom. The lowest BCUT2D eigenvalue weighted by Gasteiger charge is -2.14. The van der Waals surface area contributed by atoms with Gasteiger partial charge in [0, 0.05) is 24.9 Å². The van der Waals surface area contributed by atoms with Gasteiger partial charge in [-0.1, -0.05) is 19.9 Å². The van der Waals surface area contributed by atoms with Crippen LogP contribution in [-0.2, 0) is 32.6 Å². The third kappa shape index (κ3) is 5.50. The van der Waals surface area contributed by atoms with Crippen LogP contribution in [-0.4, -0.2) is 36.0 Å². The summed E-state index contributed by atoms with van der Waals surface area (Å²) in [4.78, 5) is 20.2. The van der Waals surface area contributed by atoms with Gasteiger partial charge in [0.15, 0.2) is 5.03 Å². The summed E-state index contributed by atoms with van der Waals surface area (Å²) in [6.45, 7) is 3.79. The largest absolute Gasteiger partial charge is 0.469 e. The number of esters is 1. The van der Waals surface area contributed by atoms with E-state index in [0.29, 0.717) is 11.5 Å². The first-order chi connectivity index (χ1) is 15.2. The summed E-state index contributed by atoms with van der Waals surface area (Å²) >= 11 is 0. The van der Waals surface area contributed by atoms with Crippen LogP contribution in [0.2, 0.25) is 0 Å². The van der Waals surface area contributed by atoms with E-state index in [2.05, 4.69) is 9.97 Å². The highest BCUT2D eigenvalue weighted by atomic mass is 32.2. The Morgan fingerprint density at radius 1 is 1.19 bits per heavy atom. The maximum atomic E-state index is 13.6.